The SMILES string of the molecule is Cc1cc2cc(NC(=N[C@H]3CCCCN(CC(=O)NCc4ccc(Br)cc4)C3=O)NC#N)ccc2o1. The Bertz CT molecular complexity index is 1310. The van der Waals surface area contributed by atoms with Crippen molar-refractivity contribution in [3.63, 3.8) is 0 Å². The summed E-state index contributed by atoms with van der Waals surface area (Å²) in [5, 5.41) is 18.6. The molecule has 3 N–H and O–H groups in total. The molecule has 1 aromatic heterocycles. The van der Waals surface area contributed by atoms with E-state index in [9.17, 15) is 14.9 Å². The van der Waals surface area contributed by atoms with Gasteiger partial charge in [-0.15, -0.1) is 0 Å². The second kappa shape index (κ2) is 11.7. The number of carbonyl (C=O) groups is 2. The third kappa shape index (κ3) is 6.64. The first-order valence-corrected chi connectivity index (χ1v) is 12.5. The van der Waals surface area contributed by atoms with Crippen molar-refractivity contribution >= 4 is 50.4 Å². The van der Waals surface area contributed by atoms with E-state index in [0.717, 1.165) is 39.6 Å². The number of amides is 2. The number of hydrogen-bond acceptors (Lipinski definition) is 5. The summed E-state index contributed by atoms with van der Waals surface area (Å²) in [7, 11) is 0. The summed E-state index contributed by atoms with van der Waals surface area (Å²) in [4.78, 5) is 31.9. The standard InChI is InChI=1S/C26H27BrN6O3/c1-17-12-19-13-21(9-10-23(19)36-17)31-26(30-16-28)32-22-4-2-3-11-33(25(22)35)15-24(34)29-14-18-5-7-20(27)8-6-18/h5-10,12-13,22H,2-4,11,14-15H2,1H3,(H,29,34)(H2,30,31,32)/t22-/m0/s1. The number of nitrogens with zero attached hydrogens (tertiary/aromatic N) is 3. The number of halogens is 1. The van der Waals surface area contributed by atoms with Crippen LogP contribution in [0.4, 0.5) is 5.69 Å². The lowest BCUT2D eigenvalue weighted by atomic mass is 10.1. The maximum Gasteiger partial charge on any atom is 0.247 e. The number of furan rings is 1. The highest BCUT2D eigenvalue weighted by molar-refractivity contribution is 9.10. The molecule has 0 radical (unpaired) electrons. The summed E-state index contributed by atoms with van der Waals surface area (Å²) in [5.41, 5.74) is 2.44. The molecular weight excluding hydrogens is 524 g/mol. The molecule has 2 heterocycles. The molecule has 1 atom stereocenters. The number of nitrogens with one attached hydrogen (secondary N) is 3. The van der Waals surface area contributed by atoms with Crippen molar-refractivity contribution in [3.8, 4) is 6.19 Å². The molecule has 0 spiro atoms. The van der Waals surface area contributed by atoms with Crippen molar-refractivity contribution in [2.24, 2.45) is 4.99 Å². The Morgan fingerprint density at radius 3 is 2.81 bits per heavy atom. The van der Waals surface area contributed by atoms with Gasteiger partial charge in [-0.1, -0.05) is 28.1 Å². The molecule has 10 heteroatoms. The molecule has 0 saturated carbocycles. The van der Waals surface area contributed by atoms with Crippen LogP contribution in [0.5, 0.6) is 0 Å². The first-order chi connectivity index (χ1) is 17.4. The highest BCUT2D eigenvalue weighted by Crippen LogP contribution is 2.23. The number of guanidine groups is 1. The van der Waals surface area contributed by atoms with E-state index in [1.165, 1.54) is 0 Å². The number of aliphatic imine (C=N–C) groups is 1. The zero-order valence-corrected chi connectivity index (χ0v) is 21.5. The molecule has 1 aliphatic rings. The fraction of sp³-hybridized carbons (Fsp3) is 0.308. The van der Waals surface area contributed by atoms with Crippen molar-refractivity contribution in [3.05, 3.63) is 64.3 Å². The quantitative estimate of drug-likeness (QED) is 0.184. The highest BCUT2D eigenvalue weighted by Gasteiger charge is 2.28. The zero-order valence-electron chi connectivity index (χ0n) is 19.9. The van der Waals surface area contributed by atoms with Gasteiger partial charge in [0.2, 0.25) is 17.8 Å². The van der Waals surface area contributed by atoms with Gasteiger partial charge in [-0.3, -0.25) is 14.9 Å². The van der Waals surface area contributed by atoms with Crippen LogP contribution in [0.2, 0.25) is 0 Å². The number of anilines is 1. The highest BCUT2D eigenvalue weighted by atomic mass is 79.9. The Morgan fingerprint density at radius 1 is 1.22 bits per heavy atom. The first kappa shape index (κ1) is 25.3. The second-order valence-electron chi connectivity index (χ2n) is 8.62. The Balaban J connectivity index is 1.42. The number of aryl methyl sites for hydroxylation is 1. The van der Waals surface area contributed by atoms with Crippen LogP contribution in [0.1, 0.15) is 30.6 Å². The summed E-state index contributed by atoms with van der Waals surface area (Å²) in [5.74, 6) is 0.521. The largest absolute Gasteiger partial charge is 0.461 e. The molecule has 186 valence electrons. The molecule has 0 aliphatic carbocycles. The minimum atomic E-state index is -0.699. The fourth-order valence-corrected chi connectivity index (χ4v) is 4.35. The van der Waals surface area contributed by atoms with Crippen LogP contribution < -0.4 is 16.0 Å². The van der Waals surface area contributed by atoms with E-state index in [4.69, 9.17) is 4.42 Å². The van der Waals surface area contributed by atoms with E-state index in [1.54, 1.807) is 4.90 Å². The minimum absolute atomic E-state index is 0.0354. The number of carbonyl (C=O) groups excluding carboxylic acids is 2. The van der Waals surface area contributed by atoms with Crippen molar-refractivity contribution in [1.29, 1.82) is 5.26 Å². The predicted molar refractivity (Wildman–Crippen MR) is 141 cm³/mol. The summed E-state index contributed by atoms with van der Waals surface area (Å²) in [6.07, 6.45) is 3.98. The van der Waals surface area contributed by atoms with Crippen LogP contribution in [-0.4, -0.2) is 41.8 Å². The van der Waals surface area contributed by atoms with Crippen molar-refractivity contribution in [2.45, 2.75) is 38.8 Å². The molecule has 3 aromatic rings. The average molecular weight is 551 g/mol. The van der Waals surface area contributed by atoms with Gasteiger partial charge in [0, 0.05) is 28.6 Å². The van der Waals surface area contributed by atoms with Gasteiger partial charge >= 0.3 is 0 Å². The molecule has 4 rings (SSSR count). The lowest BCUT2D eigenvalue weighted by molar-refractivity contribution is -0.136. The van der Waals surface area contributed by atoms with E-state index >= 15 is 0 Å². The van der Waals surface area contributed by atoms with Crippen LogP contribution in [-0.2, 0) is 16.1 Å². The van der Waals surface area contributed by atoms with E-state index in [-0.39, 0.29) is 24.3 Å². The molecule has 2 amide bonds. The Morgan fingerprint density at radius 2 is 2.03 bits per heavy atom. The molecule has 0 unspecified atom stereocenters. The Hall–Kier alpha value is -3.84. The zero-order chi connectivity index (χ0) is 25.5. The van der Waals surface area contributed by atoms with E-state index < -0.39 is 6.04 Å². The van der Waals surface area contributed by atoms with Crippen molar-refractivity contribution in [1.82, 2.24) is 15.5 Å². The van der Waals surface area contributed by atoms with Gasteiger partial charge in [-0.05, 0) is 68.1 Å². The van der Waals surface area contributed by atoms with Gasteiger partial charge in [0.05, 0.1) is 6.54 Å². The average Bonchev–Trinajstić information content (AvgIpc) is 3.15. The molecule has 1 fully saturated rings. The van der Waals surface area contributed by atoms with Gasteiger partial charge in [-0.25, -0.2) is 4.99 Å². The van der Waals surface area contributed by atoms with Crippen molar-refractivity contribution < 1.29 is 14.0 Å². The third-order valence-corrected chi connectivity index (χ3v) is 6.38. The van der Waals surface area contributed by atoms with Crippen LogP contribution in [0.25, 0.3) is 11.0 Å². The first-order valence-electron chi connectivity index (χ1n) is 11.7. The maximum absolute atomic E-state index is 13.2. The summed E-state index contributed by atoms with van der Waals surface area (Å²) < 4.78 is 6.57. The molecule has 1 aliphatic heterocycles. The van der Waals surface area contributed by atoms with Gasteiger partial charge in [0.15, 0.2) is 6.19 Å². The van der Waals surface area contributed by atoms with Crippen LogP contribution >= 0.6 is 15.9 Å². The van der Waals surface area contributed by atoms with Gasteiger partial charge in [0.25, 0.3) is 0 Å². The molecule has 36 heavy (non-hydrogen) atoms. The number of likely N-dealkylation sites (tertiary alicyclic amines) is 1. The summed E-state index contributed by atoms with van der Waals surface area (Å²) in [6.45, 7) is 2.71. The summed E-state index contributed by atoms with van der Waals surface area (Å²) in [6, 6.07) is 14.4. The number of nitriles is 1. The molecule has 9 nitrogen and oxygen atoms in total. The number of benzene rings is 2. The monoisotopic (exact) mass is 550 g/mol. The van der Waals surface area contributed by atoms with Crippen LogP contribution in [0.3, 0.4) is 0 Å². The number of hydrogen-bond donors (Lipinski definition) is 3. The fourth-order valence-electron chi connectivity index (χ4n) is 4.09. The molecular formula is C26H27BrN6O3. The lowest BCUT2D eigenvalue weighted by Crippen LogP contribution is -2.44. The van der Waals surface area contributed by atoms with Gasteiger partial charge in [-0.2, -0.15) is 5.26 Å². The second-order valence-corrected chi connectivity index (χ2v) is 9.54. The van der Waals surface area contributed by atoms with Crippen LogP contribution in [0, 0.1) is 18.4 Å². The third-order valence-electron chi connectivity index (χ3n) is 5.85. The minimum Gasteiger partial charge on any atom is -0.461 e. The van der Waals surface area contributed by atoms with E-state index in [0.29, 0.717) is 25.2 Å². The Labute approximate surface area is 217 Å². The lowest BCUT2D eigenvalue weighted by Gasteiger charge is -2.22. The molecule has 1 saturated heterocycles. The topological polar surface area (TPSA) is 123 Å². The molecule has 2 aromatic carbocycles. The number of rotatable bonds is 6. The smallest absolute Gasteiger partial charge is 0.247 e. The number of fused-ring (bicyclic) bond motifs is 1. The maximum atomic E-state index is 13.2. The van der Waals surface area contributed by atoms with Crippen molar-refractivity contribution in [2.75, 3.05) is 18.4 Å². The normalized spacial score (nSPS) is 16.4. The van der Waals surface area contributed by atoms with Crippen LogP contribution in [0.15, 0.2) is 62.4 Å². The predicted octanol–water partition coefficient (Wildman–Crippen LogP) is 4.04. The van der Waals surface area contributed by atoms with E-state index in [1.807, 2.05) is 61.6 Å². The summed E-state index contributed by atoms with van der Waals surface area (Å²) >= 11 is 3.39. The Kier molecular flexibility index (Phi) is 8.23. The van der Waals surface area contributed by atoms with Gasteiger partial charge in [0.1, 0.15) is 17.4 Å². The van der Waals surface area contributed by atoms with Gasteiger partial charge < -0.3 is 20.0 Å². The van der Waals surface area contributed by atoms with E-state index in [2.05, 4.69) is 36.9 Å². The molecule has 0 bridgehead atoms.